The Balaban J connectivity index is 4.11. The van der Waals surface area contributed by atoms with Gasteiger partial charge < -0.3 is 0 Å². The average Bonchev–Trinajstić information content (AvgIpc) is 2.54. The SMILES string of the molecule is C=C[C@@H](CCC#CCCCC)[C@@H](C=C)CCC#CCCCC. The summed E-state index contributed by atoms with van der Waals surface area (Å²) in [5.41, 5.74) is 0. The molecular formula is C22H34. The van der Waals surface area contributed by atoms with E-state index < -0.39 is 0 Å². The zero-order chi connectivity index (χ0) is 16.5. The van der Waals surface area contributed by atoms with Gasteiger partial charge in [0.1, 0.15) is 0 Å². The molecule has 0 saturated carbocycles. The van der Waals surface area contributed by atoms with Gasteiger partial charge in [-0.15, -0.1) is 36.8 Å². The van der Waals surface area contributed by atoms with Gasteiger partial charge in [0.15, 0.2) is 0 Å². The van der Waals surface area contributed by atoms with E-state index in [1.165, 1.54) is 25.7 Å². The molecule has 0 N–H and O–H groups in total. The summed E-state index contributed by atoms with van der Waals surface area (Å²) in [6.45, 7) is 12.4. The van der Waals surface area contributed by atoms with Gasteiger partial charge in [0.05, 0.1) is 0 Å². The van der Waals surface area contributed by atoms with Crippen LogP contribution in [0, 0.1) is 35.5 Å². The highest BCUT2D eigenvalue weighted by atomic mass is 14.2. The van der Waals surface area contributed by atoms with Crippen molar-refractivity contribution in [2.24, 2.45) is 11.8 Å². The highest BCUT2D eigenvalue weighted by Crippen LogP contribution is 2.24. The second-order valence-corrected chi connectivity index (χ2v) is 5.79. The van der Waals surface area contributed by atoms with Crippen molar-refractivity contribution in [3.05, 3.63) is 25.3 Å². The maximum Gasteiger partial charge on any atom is 0.00945 e. The molecule has 0 heterocycles. The van der Waals surface area contributed by atoms with Crippen molar-refractivity contribution in [3.8, 4) is 23.7 Å². The van der Waals surface area contributed by atoms with Crippen molar-refractivity contribution in [3.63, 3.8) is 0 Å². The molecule has 0 fully saturated rings. The molecule has 0 heteroatoms. The Bertz CT molecular complexity index is 353. The van der Waals surface area contributed by atoms with Crippen LogP contribution in [0.15, 0.2) is 25.3 Å². The van der Waals surface area contributed by atoms with E-state index in [-0.39, 0.29) is 0 Å². The summed E-state index contributed by atoms with van der Waals surface area (Å²) in [5, 5.41) is 0. The van der Waals surface area contributed by atoms with Gasteiger partial charge in [0, 0.05) is 25.7 Å². The van der Waals surface area contributed by atoms with Crippen LogP contribution in [-0.2, 0) is 0 Å². The molecule has 122 valence electrons. The van der Waals surface area contributed by atoms with Crippen LogP contribution in [-0.4, -0.2) is 0 Å². The first kappa shape index (κ1) is 20.6. The van der Waals surface area contributed by atoms with Crippen molar-refractivity contribution >= 4 is 0 Å². The summed E-state index contributed by atoms with van der Waals surface area (Å²) in [6.07, 6.45) is 15.2. The van der Waals surface area contributed by atoms with E-state index in [2.05, 4.69) is 62.8 Å². The predicted octanol–water partition coefficient (Wildman–Crippen LogP) is 6.54. The molecular weight excluding hydrogens is 264 g/mol. The van der Waals surface area contributed by atoms with E-state index in [4.69, 9.17) is 0 Å². The predicted molar refractivity (Wildman–Crippen MR) is 100 cm³/mol. The quantitative estimate of drug-likeness (QED) is 0.231. The molecule has 0 aliphatic heterocycles. The van der Waals surface area contributed by atoms with Crippen molar-refractivity contribution in [2.75, 3.05) is 0 Å². The molecule has 0 spiro atoms. The fraction of sp³-hybridized carbons (Fsp3) is 0.636. The lowest BCUT2D eigenvalue weighted by atomic mass is 9.85. The molecule has 22 heavy (non-hydrogen) atoms. The van der Waals surface area contributed by atoms with Crippen LogP contribution in [0.4, 0.5) is 0 Å². The number of allylic oxidation sites excluding steroid dienone is 2. The van der Waals surface area contributed by atoms with E-state index in [9.17, 15) is 0 Å². The molecule has 0 nitrogen and oxygen atoms in total. The van der Waals surface area contributed by atoms with Gasteiger partial charge in [-0.25, -0.2) is 0 Å². The fourth-order valence-electron chi connectivity index (χ4n) is 2.37. The first-order valence-corrected chi connectivity index (χ1v) is 8.96. The van der Waals surface area contributed by atoms with E-state index in [1.807, 2.05) is 0 Å². The van der Waals surface area contributed by atoms with Crippen molar-refractivity contribution in [1.82, 2.24) is 0 Å². The van der Waals surface area contributed by atoms with Gasteiger partial charge in [-0.2, -0.15) is 0 Å². The second kappa shape index (κ2) is 16.0. The fourth-order valence-corrected chi connectivity index (χ4v) is 2.37. The molecule has 0 rings (SSSR count). The van der Waals surface area contributed by atoms with Crippen LogP contribution in [0.1, 0.15) is 78.1 Å². The lowest BCUT2D eigenvalue weighted by Crippen LogP contribution is -2.10. The molecule has 0 aromatic carbocycles. The lowest BCUT2D eigenvalue weighted by molar-refractivity contribution is 0.430. The Morgan fingerprint density at radius 2 is 1.05 bits per heavy atom. The highest BCUT2D eigenvalue weighted by molar-refractivity contribution is 5.03. The summed E-state index contributed by atoms with van der Waals surface area (Å²) >= 11 is 0. The van der Waals surface area contributed by atoms with Crippen LogP contribution in [0.5, 0.6) is 0 Å². The standard InChI is InChI=1S/C22H34/c1-5-9-11-13-15-17-19-21(7-3)22(8-4)20-18-16-14-12-10-6-2/h7-8,21-22H,3-6,9-12,17-20H2,1-2H3/t21-,22-/m0/s1. The van der Waals surface area contributed by atoms with Crippen LogP contribution in [0.3, 0.4) is 0 Å². The van der Waals surface area contributed by atoms with Crippen LogP contribution in [0.25, 0.3) is 0 Å². The highest BCUT2D eigenvalue weighted by Gasteiger charge is 2.14. The first-order chi connectivity index (χ1) is 10.8. The molecule has 0 aliphatic carbocycles. The third-order valence-electron chi connectivity index (χ3n) is 3.92. The Kier molecular flexibility index (Phi) is 15.0. The normalized spacial score (nSPS) is 12.3. The maximum absolute atomic E-state index is 3.99. The van der Waals surface area contributed by atoms with E-state index in [1.54, 1.807) is 0 Å². The van der Waals surface area contributed by atoms with Gasteiger partial charge in [0.2, 0.25) is 0 Å². The average molecular weight is 299 g/mol. The Morgan fingerprint density at radius 3 is 1.36 bits per heavy atom. The molecule has 0 aromatic rings. The zero-order valence-electron chi connectivity index (χ0n) is 14.8. The Labute approximate surface area is 139 Å². The molecule has 0 aromatic heterocycles. The van der Waals surface area contributed by atoms with Gasteiger partial charge >= 0.3 is 0 Å². The molecule has 2 atom stereocenters. The van der Waals surface area contributed by atoms with Crippen molar-refractivity contribution in [1.29, 1.82) is 0 Å². The summed E-state index contributed by atoms with van der Waals surface area (Å²) < 4.78 is 0. The van der Waals surface area contributed by atoms with E-state index in [0.717, 1.165) is 38.5 Å². The maximum atomic E-state index is 3.99. The van der Waals surface area contributed by atoms with Gasteiger partial charge in [-0.05, 0) is 37.5 Å². The molecule has 0 aliphatic rings. The van der Waals surface area contributed by atoms with Crippen molar-refractivity contribution < 1.29 is 0 Å². The second-order valence-electron chi connectivity index (χ2n) is 5.79. The van der Waals surface area contributed by atoms with Crippen LogP contribution < -0.4 is 0 Å². The topological polar surface area (TPSA) is 0 Å². The molecule has 0 unspecified atom stereocenters. The van der Waals surface area contributed by atoms with Gasteiger partial charge in [-0.3, -0.25) is 0 Å². The first-order valence-electron chi connectivity index (χ1n) is 8.96. The number of hydrogen-bond acceptors (Lipinski definition) is 0. The zero-order valence-corrected chi connectivity index (χ0v) is 14.8. The number of rotatable bonds is 11. The Morgan fingerprint density at radius 1 is 0.682 bits per heavy atom. The summed E-state index contributed by atoms with van der Waals surface area (Å²) in [4.78, 5) is 0. The van der Waals surface area contributed by atoms with Crippen LogP contribution in [0.2, 0.25) is 0 Å². The third kappa shape index (κ3) is 11.3. The molecule has 0 saturated heterocycles. The number of unbranched alkanes of at least 4 members (excludes halogenated alkanes) is 4. The minimum absolute atomic E-state index is 0.482. The van der Waals surface area contributed by atoms with E-state index in [0.29, 0.717) is 11.8 Å². The smallest absolute Gasteiger partial charge is 0.00945 e. The largest absolute Gasteiger partial charge is 0.103 e. The summed E-state index contributed by atoms with van der Waals surface area (Å²) in [7, 11) is 0. The molecule has 0 radical (unpaired) electrons. The minimum atomic E-state index is 0.482. The molecule has 0 bridgehead atoms. The van der Waals surface area contributed by atoms with Gasteiger partial charge in [0.25, 0.3) is 0 Å². The molecule has 0 amide bonds. The lowest BCUT2D eigenvalue weighted by Gasteiger charge is -2.19. The summed E-state index contributed by atoms with van der Waals surface area (Å²) in [5.74, 6) is 14.1. The number of hydrogen-bond donors (Lipinski definition) is 0. The Hall–Kier alpha value is -1.40. The van der Waals surface area contributed by atoms with E-state index >= 15 is 0 Å². The van der Waals surface area contributed by atoms with Gasteiger partial charge in [-0.1, -0.05) is 38.8 Å². The summed E-state index contributed by atoms with van der Waals surface area (Å²) in [6, 6.07) is 0. The minimum Gasteiger partial charge on any atom is -0.103 e. The van der Waals surface area contributed by atoms with Crippen molar-refractivity contribution in [2.45, 2.75) is 78.1 Å². The van der Waals surface area contributed by atoms with Crippen LogP contribution >= 0.6 is 0 Å². The monoisotopic (exact) mass is 298 g/mol. The third-order valence-corrected chi connectivity index (χ3v) is 3.92.